The first kappa shape index (κ1) is 12.8. The van der Waals surface area contributed by atoms with E-state index in [0.29, 0.717) is 10.7 Å². The number of amides is 1. The SMILES string of the molecule is Nc1nc(C(=O)NCc2ccc(F)c(Cl)c2)cs1. The van der Waals surface area contributed by atoms with Gasteiger partial charge in [0, 0.05) is 11.9 Å². The van der Waals surface area contributed by atoms with Crippen LogP contribution in [0.25, 0.3) is 0 Å². The van der Waals surface area contributed by atoms with Crippen molar-refractivity contribution in [1.82, 2.24) is 10.3 Å². The second-order valence-electron chi connectivity index (χ2n) is 3.50. The van der Waals surface area contributed by atoms with Gasteiger partial charge in [-0.25, -0.2) is 9.37 Å². The molecular formula is C11H9ClFN3OS. The lowest BCUT2D eigenvalue weighted by atomic mass is 10.2. The second-order valence-corrected chi connectivity index (χ2v) is 4.80. The summed E-state index contributed by atoms with van der Waals surface area (Å²) >= 11 is 6.83. The lowest BCUT2D eigenvalue weighted by Crippen LogP contribution is -2.23. The maximum Gasteiger partial charge on any atom is 0.271 e. The lowest BCUT2D eigenvalue weighted by molar-refractivity contribution is 0.0946. The van der Waals surface area contributed by atoms with Crippen LogP contribution in [0, 0.1) is 5.82 Å². The molecular weight excluding hydrogens is 277 g/mol. The average molecular weight is 286 g/mol. The van der Waals surface area contributed by atoms with Gasteiger partial charge < -0.3 is 11.1 Å². The van der Waals surface area contributed by atoms with Gasteiger partial charge in [0.2, 0.25) is 0 Å². The fourth-order valence-electron chi connectivity index (χ4n) is 1.31. The van der Waals surface area contributed by atoms with Crippen molar-refractivity contribution < 1.29 is 9.18 Å². The van der Waals surface area contributed by atoms with Crippen LogP contribution < -0.4 is 11.1 Å². The molecule has 0 saturated heterocycles. The number of rotatable bonds is 3. The van der Waals surface area contributed by atoms with E-state index < -0.39 is 5.82 Å². The van der Waals surface area contributed by atoms with Gasteiger partial charge in [-0.1, -0.05) is 17.7 Å². The smallest absolute Gasteiger partial charge is 0.271 e. The van der Waals surface area contributed by atoms with Crippen LogP contribution >= 0.6 is 22.9 Å². The summed E-state index contributed by atoms with van der Waals surface area (Å²) in [5.41, 5.74) is 6.40. The molecule has 1 aromatic carbocycles. The summed E-state index contributed by atoms with van der Waals surface area (Å²) in [4.78, 5) is 15.5. The molecule has 4 nitrogen and oxygen atoms in total. The van der Waals surface area contributed by atoms with E-state index in [0.717, 1.165) is 0 Å². The monoisotopic (exact) mass is 285 g/mol. The molecule has 18 heavy (non-hydrogen) atoms. The van der Waals surface area contributed by atoms with Gasteiger partial charge in [0.15, 0.2) is 5.13 Å². The van der Waals surface area contributed by atoms with Crippen molar-refractivity contribution in [3.8, 4) is 0 Å². The molecule has 0 bridgehead atoms. The zero-order chi connectivity index (χ0) is 13.1. The Morgan fingerprint density at radius 3 is 2.94 bits per heavy atom. The first-order chi connectivity index (χ1) is 8.56. The molecule has 7 heteroatoms. The van der Waals surface area contributed by atoms with E-state index >= 15 is 0 Å². The quantitative estimate of drug-likeness (QED) is 0.910. The number of anilines is 1. The van der Waals surface area contributed by atoms with E-state index in [1.807, 2.05) is 0 Å². The number of halogens is 2. The highest BCUT2D eigenvalue weighted by atomic mass is 35.5. The lowest BCUT2D eigenvalue weighted by Gasteiger charge is -2.04. The summed E-state index contributed by atoms with van der Waals surface area (Å²) in [6.07, 6.45) is 0. The molecule has 1 heterocycles. The minimum absolute atomic E-state index is 0.0275. The number of benzene rings is 1. The number of aromatic nitrogens is 1. The van der Waals surface area contributed by atoms with Crippen LogP contribution in [-0.4, -0.2) is 10.9 Å². The third-order valence-electron chi connectivity index (χ3n) is 2.19. The molecule has 0 aliphatic heterocycles. The summed E-state index contributed by atoms with van der Waals surface area (Å²) in [6.45, 7) is 0.246. The van der Waals surface area contributed by atoms with Crippen LogP contribution in [0.4, 0.5) is 9.52 Å². The summed E-state index contributed by atoms with van der Waals surface area (Å²) < 4.78 is 12.9. The largest absolute Gasteiger partial charge is 0.375 e. The maximum absolute atomic E-state index is 12.9. The van der Waals surface area contributed by atoms with Gasteiger partial charge in [0.1, 0.15) is 11.5 Å². The van der Waals surface area contributed by atoms with Gasteiger partial charge in [0.25, 0.3) is 5.91 Å². The highest BCUT2D eigenvalue weighted by Gasteiger charge is 2.09. The fourth-order valence-corrected chi connectivity index (χ4v) is 2.06. The molecule has 1 aromatic heterocycles. The summed E-state index contributed by atoms with van der Waals surface area (Å²) in [7, 11) is 0. The van der Waals surface area contributed by atoms with Gasteiger partial charge in [-0.15, -0.1) is 11.3 Å². The van der Waals surface area contributed by atoms with Crippen molar-refractivity contribution in [2.75, 3.05) is 5.73 Å². The van der Waals surface area contributed by atoms with Crippen LogP contribution in [0.15, 0.2) is 23.6 Å². The van der Waals surface area contributed by atoms with Crippen molar-refractivity contribution in [3.05, 3.63) is 45.7 Å². The maximum atomic E-state index is 12.9. The summed E-state index contributed by atoms with van der Waals surface area (Å²) in [5, 5.41) is 4.58. The number of nitrogens with two attached hydrogens (primary N) is 1. The molecule has 3 N–H and O–H groups in total. The standard InChI is InChI=1S/C11H9ClFN3OS/c12-7-3-6(1-2-8(7)13)4-15-10(17)9-5-18-11(14)16-9/h1-3,5H,4H2,(H2,14,16)(H,15,17). The zero-order valence-electron chi connectivity index (χ0n) is 9.11. The number of nitrogens with one attached hydrogen (secondary N) is 1. The normalized spacial score (nSPS) is 10.3. The molecule has 94 valence electrons. The molecule has 2 aromatic rings. The minimum atomic E-state index is -0.487. The van der Waals surface area contributed by atoms with Crippen molar-refractivity contribution in [1.29, 1.82) is 0 Å². The number of thiazole rings is 1. The van der Waals surface area contributed by atoms with Crippen molar-refractivity contribution in [3.63, 3.8) is 0 Å². The van der Waals surface area contributed by atoms with Crippen LogP contribution in [0.3, 0.4) is 0 Å². The molecule has 0 aliphatic rings. The van der Waals surface area contributed by atoms with Crippen LogP contribution in [0.2, 0.25) is 5.02 Å². The van der Waals surface area contributed by atoms with E-state index in [-0.39, 0.29) is 23.2 Å². The Hall–Kier alpha value is -1.66. The van der Waals surface area contributed by atoms with E-state index in [1.165, 1.54) is 23.5 Å². The Labute approximate surface area is 112 Å². The predicted octanol–water partition coefficient (Wildman–Crippen LogP) is 2.45. The predicted molar refractivity (Wildman–Crippen MR) is 69.1 cm³/mol. The first-order valence-corrected chi connectivity index (χ1v) is 6.25. The Balaban J connectivity index is 1.99. The number of carbonyl (C=O) groups is 1. The Kier molecular flexibility index (Phi) is 3.78. The third-order valence-corrected chi connectivity index (χ3v) is 3.16. The molecule has 0 radical (unpaired) electrons. The van der Waals surface area contributed by atoms with Crippen molar-refractivity contribution >= 4 is 34.0 Å². The Morgan fingerprint density at radius 2 is 2.33 bits per heavy atom. The molecule has 2 rings (SSSR count). The number of nitrogen functional groups attached to an aromatic ring is 1. The zero-order valence-corrected chi connectivity index (χ0v) is 10.7. The molecule has 0 unspecified atom stereocenters. The topological polar surface area (TPSA) is 68.0 Å². The van der Waals surface area contributed by atoms with Gasteiger partial charge in [0.05, 0.1) is 5.02 Å². The average Bonchev–Trinajstić information content (AvgIpc) is 2.77. The molecule has 1 amide bonds. The summed E-state index contributed by atoms with van der Waals surface area (Å²) in [6, 6.07) is 4.27. The van der Waals surface area contributed by atoms with Crippen LogP contribution in [-0.2, 0) is 6.54 Å². The molecule has 0 aliphatic carbocycles. The fraction of sp³-hybridized carbons (Fsp3) is 0.0909. The van der Waals surface area contributed by atoms with E-state index in [9.17, 15) is 9.18 Å². The Morgan fingerprint density at radius 1 is 1.56 bits per heavy atom. The number of nitrogens with zero attached hydrogens (tertiary/aromatic N) is 1. The highest BCUT2D eigenvalue weighted by molar-refractivity contribution is 7.13. The van der Waals surface area contributed by atoms with E-state index in [2.05, 4.69) is 10.3 Å². The van der Waals surface area contributed by atoms with E-state index in [4.69, 9.17) is 17.3 Å². The Bertz CT molecular complexity index is 587. The van der Waals surface area contributed by atoms with Crippen molar-refractivity contribution in [2.45, 2.75) is 6.54 Å². The number of hydrogen-bond donors (Lipinski definition) is 2. The van der Waals surface area contributed by atoms with Gasteiger partial charge >= 0.3 is 0 Å². The third kappa shape index (κ3) is 2.96. The molecule has 0 saturated carbocycles. The number of carbonyl (C=O) groups excluding carboxylic acids is 1. The van der Waals surface area contributed by atoms with Gasteiger partial charge in [-0.05, 0) is 17.7 Å². The van der Waals surface area contributed by atoms with E-state index in [1.54, 1.807) is 11.4 Å². The highest BCUT2D eigenvalue weighted by Crippen LogP contribution is 2.16. The first-order valence-electron chi connectivity index (χ1n) is 4.99. The van der Waals surface area contributed by atoms with Crippen LogP contribution in [0.1, 0.15) is 16.1 Å². The second kappa shape index (κ2) is 5.32. The molecule has 0 fully saturated rings. The van der Waals surface area contributed by atoms with Gasteiger partial charge in [-0.2, -0.15) is 0 Å². The minimum Gasteiger partial charge on any atom is -0.375 e. The molecule has 0 spiro atoms. The van der Waals surface area contributed by atoms with Crippen molar-refractivity contribution in [2.24, 2.45) is 0 Å². The van der Waals surface area contributed by atoms with Gasteiger partial charge in [-0.3, -0.25) is 4.79 Å². The summed E-state index contributed by atoms with van der Waals surface area (Å²) in [5.74, 6) is -0.817. The number of hydrogen-bond acceptors (Lipinski definition) is 4. The molecule has 0 atom stereocenters. The van der Waals surface area contributed by atoms with Crippen LogP contribution in [0.5, 0.6) is 0 Å².